The molecule has 8 nitrogen and oxygen atoms in total. The van der Waals surface area contributed by atoms with E-state index in [4.69, 9.17) is 18.6 Å². The van der Waals surface area contributed by atoms with Gasteiger partial charge in [0.1, 0.15) is 28.9 Å². The van der Waals surface area contributed by atoms with Crippen LogP contribution in [0.5, 0.6) is 11.5 Å². The Morgan fingerprint density at radius 3 is 2.00 bits per heavy atom. The highest BCUT2D eigenvalue weighted by Crippen LogP contribution is 2.42. The summed E-state index contributed by atoms with van der Waals surface area (Å²) in [4.78, 5) is 23.1. The largest absolute Gasteiger partial charge is 0.497 e. The van der Waals surface area contributed by atoms with Gasteiger partial charge in [-0.15, -0.1) is 0 Å². The molecule has 0 bridgehead atoms. The number of benzene rings is 2. The number of amides is 1. The molecular formula is C23H20N2O6. The van der Waals surface area contributed by atoms with Gasteiger partial charge in [-0.25, -0.2) is 0 Å². The Labute approximate surface area is 179 Å². The molecule has 1 heterocycles. The number of nitrogens with zero attached hydrogens (tertiary/aromatic N) is 1. The number of furan rings is 1. The fourth-order valence-corrected chi connectivity index (χ4v) is 2.93. The van der Waals surface area contributed by atoms with Gasteiger partial charge < -0.3 is 18.6 Å². The first-order valence-electron chi connectivity index (χ1n) is 9.25. The third-order valence-corrected chi connectivity index (χ3v) is 4.41. The van der Waals surface area contributed by atoms with Crippen LogP contribution in [0.25, 0.3) is 22.5 Å². The molecule has 1 amide bonds. The summed E-state index contributed by atoms with van der Waals surface area (Å²) in [5.74, 6) is 0.475. The number of ether oxygens (including phenoxy) is 3. The molecule has 0 aliphatic carbocycles. The van der Waals surface area contributed by atoms with Crippen molar-refractivity contribution < 1.29 is 28.2 Å². The number of carbonyl (C=O) groups excluding carboxylic acids is 2. The number of methoxy groups -OCH3 is 2. The third-order valence-electron chi connectivity index (χ3n) is 4.41. The van der Waals surface area contributed by atoms with E-state index in [9.17, 15) is 14.9 Å². The van der Waals surface area contributed by atoms with Crippen molar-refractivity contribution in [2.45, 2.75) is 6.92 Å². The molecule has 1 aromatic heterocycles. The van der Waals surface area contributed by atoms with Crippen LogP contribution in [-0.4, -0.2) is 32.7 Å². The van der Waals surface area contributed by atoms with Gasteiger partial charge >= 0.3 is 5.97 Å². The van der Waals surface area contributed by atoms with Gasteiger partial charge in [-0.1, -0.05) is 12.1 Å². The molecule has 0 saturated carbocycles. The average molecular weight is 420 g/mol. The summed E-state index contributed by atoms with van der Waals surface area (Å²) in [5.41, 5.74) is 2.04. The predicted molar refractivity (Wildman–Crippen MR) is 113 cm³/mol. The quantitative estimate of drug-likeness (QED) is 0.575. The van der Waals surface area contributed by atoms with Crippen LogP contribution >= 0.6 is 0 Å². The summed E-state index contributed by atoms with van der Waals surface area (Å²) in [6.07, 6.45) is 0. The molecule has 0 atom stereocenters. The topological polar surface area (TPSA) is 111 Å². The molecule has 0 aliphatic heterocycles. The number of carbonyl (C=O) groups is 2. The normalized spacial score (nSPS) is 10.1. The number of nitrogens with one attached hydrogen (secondary N) is 1. The summed E-state index contributed by atoms with van der Waals surface area (Å²) in [5, 5.41) is 12.4. The minimum Gasteiger partial charge on any atom is -0.497 e. The molecule has 1 N–H and O–H groups in total. The number of esters is 1. The van der Waals surface area contributed by atoms with E-state index in [-0.39, 0.29) is 11.4 Å². The van der Waals surface area contributed by atoms with Crippen molar-refractivity contribution in [3.8, 4) is 40.0 Å². The van der Waals surface area contributed by atoms with E-state index in [0.717, 1.165) is 0 Å². The molecule has 0 fully saturated rings. The molecule has 3 aromatic rings. The highest BCUT2D eigenvalue weighted by molar-refractivity contribution is 5.96. The third kappa shape index (κ3) is 4.85. The van der Waals surface area contributed by atoms with E-state index in [1.54, 1.807) is 62.8 Å². The maximum atomic E-state index is 12.2. The van der Waals surface area contributed by atoms with E-state index < -0.39 is 18.5 Å². The van der Waals surface area contributed by atoms with Crippen molar-refractivity contribution in [3.05, 3.63) is 54.1 Å². The van der Waals surface area contributed by atoms with Crippen LogP contribution in [0.4, 0.5) is 5.88 Å². The fraction of sp³-hybridized carbons (Fsp3) is 0.174. The Hall–Kier alpha value is -4.25. The fourth-order valence-electron chi connectivity index (χ4n) is 2.93. The van der Waals surface area contributed by atoms with Crippen molar-refractivity contribution in [2.75, 3.05) is 26.1 Å². The van der Waals surface area contributed by atoms with Crippen LogP contribution in [0.15, 0.2) is 52.9 Å². The molecular weight excluding hydrogens is 400 g/mol. The molecule has 0 unspecified atom stereocenters. The summed E-state index contributed by atoms with van der Waals surface area (Å²) in [6, 6.07) is 16.3. The summed E-state index contributed by atoms with van der Waals surface area (Å²) < 4.78 is 21.0. The first-order chi connectivity index (χ1) is 15.0. The van der Waals surface area contributed by atoms with Gasteiger partial charge in [0.2, 0.25) is 5.88 Å². The second-order valence-electron chi connectivity index (χ2n) is 6.41. The first-order valence-corrected chi connectivity index (χ1v) is 9.25. The van der Waals surface area contributed by atoms with Crippen LogP contribution < -0.4 is 14.8 Å². The van der Waals surface area contributed by atoms with Crippen LogP contribution in [0.1, 0.15) is 12.5 Å². The maximum Gasteiger partial charge on any atom is 0.303 e. The number of nitriles is 1. The van der Waals surface area contributed by atoms with Gasteiger partial charge in [-0.3, -0.25) is 14.9 Å². The number of hydrogen-bond acceptors (Lipinski definition) is 7. The lowest BCUT2D eigenvalue weighted by Gasteiger charge is -2.06. The van der Waals surface area contributed by atoms with Crippen LogP contribution in [0.3, 0.4) is 0 Å². The van der Waals surface area contributed by atoms with E-state index in [0.29, 0.717) is 33.9 Å². The summed E-state index contributed by atoms with van der Waals surface area (Å²) in [6.45, 7) is 0.709. The van der Waals surface area contributed by atoms with E-state index in [2.05, 4.69) is 11.4 Å². The van der Waals surface area contributed by atoms with Crippen molar-refractivity contribution >= 4 is 17.8 Å². The Balaban J connectivity index is 2.10. The van der Waals surface area contributed by atoms with Crippen LogP contribution in [0.2, 0.25) is 0 Å². The first kappa shape index (κ1) is 21.5. The highest BCUT2D eigenvalue weighted by Gasteiger charge is 2.24. The molecule has 3 rings (SSSR count). The van der Waals surface area contributed by atoms with E-state index in [1.165, 1.54) is 6.92 Å². The summed E-state index contributed by atoms with van der Waals surface area (Å²) >= 11 is 0. The van der Waals surface area contributed by atoms with Crippen molar-refractivity contribution in [1.82, 2.24) is 0 Å². The standard InChI is InChI=1S/C23H20N2O6/c1-14(26)30-13-20(27)25-23-19(12-24)21(15-4-8-17(28-2)9-5-15)22(31-23)16-6-10-18(29-3)11-7-16/h4-11H,13H2,1-3H3,(H,25,27). The zero-order chi connectivity index (χ0) is 22.4. The molecule has 158 valence electrons. The van der Waals surface area contributed by atoms with Gasteiger partial charge in [0.15, 0.2) is 6.61 Å². The number of hydrogen-bond donors (Lipinski definition) is 1. The van der Waals surface area contributed by atoms with Crippen molar-refractivity contribution in [3.63, 3.8) is 0 Å². The Kier molecular flexibility index (Phi) is 6.58. The maximum absolute atomic E-state index is 12.2. The van der Waals surface area contributed by atoms with Gasteiger partial charge in [0, 0.05) is 18.1 Å². The van der Waals surface area contributed by atoms with Crippen molar-refractivity contribution in [2.24, 2.45) is 0 Å². The zero-order valence-corrected chi connectivity index (χ0v) is 17.2. The lowest BCUT2D eigenvalue weighted by atomic mass is 9.98. The predicted octanol–water partition coefficient (Wildman–Crippen LogP) is 4.00. The molecule has 0 aliphatic rings. The molecule has 0 radical (unpaired) electrons. The smallest absolute Gasteiger partial charge is 0.303 e. The highest BCUT2D eigenvalue weighted by atomic mass is 16.5. The summed E-state index contributed by atoms with van der Waals surface area (Å²) in [7, 11) is 3.13. The minimum absolute atomic E-state index is 0.0312. The lowest BCUT2D eigenvalue weighted by Crippen LogP contribution is -2.19. The van der Waals surface area contributed by atoms with Crippen LogP contribution in [-0.2, 0) is 14.3 Å². The molecule has 31 heavy (non-hydrogen) atoms. The molecule has 2 aromatic carbocycles. The molecule has 0 saturated heterocycles. The Bertz CT molecular complexity index is 1120. The molecule has 0 spiro atoms. The van der Waals surface area contributed by atoms with Crippen molar-refractivity contribution in [1.29, 1.82) is 5.26 Å². The number of anilines is 1. The number of rotatable bonds is 7. The zero-order valence-electron chi connectivity index (χ0n) is 17.2. The average Bonchev–Trinajstić information content (AvgIpc) is 3.15. The Morgan fingerprint density at radius 2 is 1.52 bits per heavy atom. The monoisotopic (exact) mass is 420 g/mol. The lowest BCUT2D eigenvalue weighted by molar-refractivity contribution is -0.145. The molecule has 8 heteroatoms. The van der Waals surface area contributed by atoms with Gasteiger partial charge in [-0.2, -0.15) is 5.26 Å². The van der Waals surface area contributed by atoms with Crippen LogP contribution in [0, 0.1) is 11.3 Å². The van der Waals surface area contributed by atoms with Gasteiger partial charge in [0.25, 0.3) is 5.91 Å². The second kappa shape index (κ2) is 9.50. The second-order valence-corrected chi connectivity index (χ2v) is 6.41. The van der Waals surface area contributed by atoms with E-state index in [1.807, 2.05) is 0 Å². The van der Waals surface area contributed by atoms with Gasteiger partial charge in [0.05, 0.1) is 14.2 Å². The Morgan fingerprint density at radius 1 is 0.968 bits per heavy atom. The minimum atomic E-state index is -0.622. The SMILES string of the molecule is COc1ccc(-c2oc(NC(=O)COC(C)=O)c(C#N)c2-c2ccc(OC)cc2)cc1. The van der Waals surface area contributed by atoms with E-state index >= 15 is 0 Å². The van der Waals surface area contributed by atoms with Gasteiger partial charge in [-0.05, 0) is 42.0 Å².